The van der Waals surface area contributed by atoms with E-state index in [9.17, 15) is 24.8 Å². The number of hydrogen-bond donors (Lipinski definition) is 2. The van der Waals surface area contributed by atoms with Gasteiger partial charge in [0.05, 0.1) is 35.9 Å². The maximum absolute atomic E-state index is 13.2. The first-order valence-corrected chi connectivity index (χ1v) is 15.1. The fourth-order valence-corrected chi connectivity index (χ4v) is 5.14. The van der Waals surface area contributed by atoms with Crippen molar-refractivity contribution in [1.29, 1.82) is 5.26 Å². The molecule has 0 saturated carbocycles. The predicted octanol–water partition coefficient (Wildman–Crippen LogP) is 4.23. The number of unbranched alkanes of at least 4 members (excludes halogenated alkanes) is 1. The molecule has 2 aromatic carbocycles. The Morgan fingerprint density at radius 1 is 1.09 bits per heavy atom. The van der Waals surface area contributed by atoms with Gasteiger partial charge in [-0.1, -0.05) is 12.1 Å². The number of aliphatic hydroxyl groups excluding tert-OH is 1. The molecule has 46 heavy (non-hydrogen) atoms. The Morgan fingerprint density at radius 3 is 2.52 bits per heavy atom. The monoisotopic (exact) mass is 636 g/mol. The lowest BCUT2D eigenvalue weighted by molar-refractivity contribution is -0.385. The number of aliphatic hydroxyl groups is 1. The number of carbonyl (C=O) groups excluding carboxylic acids is 2. The molecule has 0 amide bonds. The van der Waals surface area contributed by atoms with E-state index in [1.807, 2.05) is 6.07 Å². The van der Waals surface area contributed by atoms with Gasteiger partial charge in [-0.3, -0.25) is 19.9 Å². The van der Waals surface area contributed by atoms with Crippen LogP contribution in [0.15, 0.2) is 58.7 Å². The molecule has 2 N–H and O–H groups in total. The van der Waals surface area contributed by atoms with Crippen LogP contribution in [0.4, 0.5) is 5.69 Å². The average Bonchev–Trinajstić information content (AvgIpc) is 3.03. The highest BCUT2D eigenvalue weighted by molar-refractivity contribution is 6.07. The first kappa shape index (κ1) is 35.7. The Kier molecular flexibility index (Phi) is 13.7. The van der Waals surface area contributed by atoms with Crippen LogP contribution >= 0.6 is 0 Å². The molecule has 1 heterocycles. The molecule has 0 bridgehead atoms. The molecular formula is C33H40N4O9. The van der Waals surface area contributed by atoms with Crippen LogP contribution in [0.3, 0.4) is 0 Å². The highest BCUT2D eigenvalue weighted by Gasteiger charge is 2.44. The molecule has 0 radical (unpaired) electrons. The molecular weight excluding hydrogens is 596 g/mol. The second kappa shape index (κ2) is 17.6. The molecule has 1 aliphatic heterocycles. The number of nitro benzene ring substituents is 1. The molecule has 1 aliphatic rings. The smallest absolute Gasteiger partial charge is 0.336 e. The van der Waals surface area contributed by atoms with E-state index in [2.05, 4.69) is 10.3 Å². The number of allylic oxidation sites excluding steroid dienone is 1. The van der Waals surface area contributed by atoms with Crippen molar-refractivity contribution < 1.29 is 38.6 Å². The summed E-state index contributed by atoms with van der Waals surface area (Å²) in [5.74, 6) is -2.62. The summed E-state index contributed by atoms with van der Waals surface area (Å²) in [4.78, 5) is 42.0. The number of non-ortho nitro benzene ring substituents is 1. The second-order valence-electron chi connectivity index (χ2n) is 10.5. The average molecular weight is 637 g/mol. The van der Waals surface area contributed by atoms with Crippen molar-refractivity contribution in [1.82, 2.24) is 5.32 Å². The quantitative estimate of drug-likeness (QED) is 0.110. The third kappa shape index (κ3) is 9.35. The zero-order valence-corrected chi connectivity index (χ0v) is 26.5. The number of nitro groups is 1. The van der Waals surface area contributed by atoms with Gasteiger partial charge in [-0.05, 0) is 65.3 Å². The van der Waals surface area contributed by atoms with Gasteiger partial charge >= 0.3 is 11.9 Å². The van der Waals surface area contributed by atoms with Crippen molar-refractivity contribution >= 4 is 23.3 Å². The third-order valence-electron chi connectivity index (χ3n) is 7.23. The summed E-state index contributed by atoms with van der Waals surface area (Å²) < 4.78 is 22.3. The van der Waals surface area contributed by atoms with Gasteiger partial charge in [0.2, 0.25) is 0 Å². The van der Waals surface area contributed by atoms with Crippen LogP contribution in [0.5, 0.6) is 11.5 Å². The normalized spacial score (nSPS) is 16.6. The van der Waals surface area contributed by atoms with Gasteiger partial charge in [-0.2, -0.15) is 5.26 Å². The van der Waals surface area contributed by atoms with Crippen molar-refractivity contribution in [2.45, 2.75) is 52.6 Å². The van der Waals surface area contributed by atoms with Crippen LogP contribution in [0.25, 0.3) is 0 Å². The molecule has 3 rings (SSSR count). The Hall–Kier alpha value is -4.80. The van der Waals surface area contributed by atoms with E-state index in [4.69, 9.17) is 24.2 Å². The van der Waals surface area contributed by atoms with Crippen LogP contribution in [0.1, 0.15) is 57.6 Å². The molecule has 0 spiro atoms. The van der Waals surface area contributed by atoms with Gasteiger partial charge in [0.25, 0.3) is 5.69 Å². The van der Waals surface area contributed by atoms with Crippen molar-refractivity contribution in [2.75, 3.05) is 39.5 Å². The summed E-state index contributed by atoms with van der Waals surface area (Å²) in [6, 6.07) is 12.9. The molecule has 3 atom stereocenters. The first-order chi connectivity index (χ1) is 22.1. The molecule has 0 aromatic heterocycles. The number of esters is 2. The summed E-state index contributed by atoms with van der Waals surface area (Å²) in [6.45, 7) is 7.90. The Morgan fingerprint density at radius 2 is 1.83 bits per heavy atom. The summed E-state index contributed by atoms with van der Waals surface area (Å²) in [5.41, 5.74) is 1.30. The second-order valence-corrected chi connectivity index (χ2v) is 10.5. The molecule has 2 aromatic rings. The number of ether oxygens (including phenoxy) is 4. The van der Waals surface area contributed by atoms with Crippen molar-refractivity contribution in [3.05, 3.63) is 75.0 Å². The molecule has 13 nitrogen and oxygen atoms in total. The van der Waals surface area contributed by atoms with Crippen LogP contribution in [0.2, 0.25) is 0 Å². The topological polar surface area (TPSA) is 183 Å². The fraction of sp³-hybridized carbons (Fsp3) is 0.455. The molecule has 13 heteroatoms. The lowest BCUT2D eigenvalue weighted by Crippen LogP contribution is -2.36. The van der Waals surface area contributed by atoms with Crippen molar-refractivity contribution in [2.24, 2.45) is 10.9 Å². The summed E-state index contributed by atoms with van der Waals surface area (Å²) in [7, 11) is 0. The molecule has 246 valence electrons. The maximum Gasteiger partial charge on any atom is 0.336 e. The van der Waals surface area contributed by atoms with Crippen LogP contribution in [-0.2, 0) is 19.1 Å². The zero-order valence-electron chi connectivity index (χ0n) is 26.5. The Bertz CT molecular complexity index is 1500. The summed E-state index contributed by atoms with van der Waals surface area (Å²) in [6.07, 6.45) is 0.490. The van der Waals surface area contributed by atoms with E-state index >= 15 is 0 Å². The molecule has 3 unspecified atom stereocenters. The maximum atomic E-state index is 13.2. The van der Waals surface area contributed by atoms with Gasteiger partial charge in [0.1, 0.15) is 36.2 Å². The van der Waals surface area contributed by atoms with Crippen LogP contribution in [0, 0.1) is 27.4 Å². The van der Waals surface area contributed by atoms with Gasteiger partial charge < -0.3 is 29.4 Å². The third-order valence-corrected chi connectivity index (χ3v) is 7.23. The van der Waals surface area contributed by atoms with Crippen LogP contribution < -0.4 is 14.8 Å². The highest BCUT2D eigenvalue weighted by Crippen LogP contribution is 2.44. The van der Waals surface area contributed by atoms with E-state index < -0.39 is 34.8 Å². The minimum absolute atomic E-state index is 0.0254. The van der Waals surface area contributed by atoms with E-state index in [0.717, 1.165) is 0 Å². The van der Waals surface area contributed by atoms with Crippen molar-refractivity contribution in [3.63, 3.8) is 0 Å². The van der Waals surface area contributed by atoms with Crippen LogP contribution in [-0.4, -0.2) is 73.3 Å². The summed E-state index contributed by atoms with van der Waals surface area (Å²) in [5, 5.41) is 34.3. The number of carbonyl (C=O) groups is 2. The lowest BCUT2D eigenvalue weighted by atomic mass is 9.75. The molecule has 0 aliphatic carbocycles. The van der Waals surface area contributed by atoms with E-state index in [0.29, 0.717) is 42.1 Å². The predicted molar refractivity (Wildman–Crippen MR) is 169 cm³/mol. The largest absolute Gasteiger partial charge is 0.493 e. The number of benzene rings is 2. The van der Waals surface area contributed by atoms with Gasteiger partial charge in [0, 0.05) is 41.6 Å². The van der Waals surface area contributed by atoms with E-state index in [1.54, 1.807) is 52.0 Å². The standard InChI is InChI=1S/C33H40N4O9/c1-5-43-32(39)29-21(3)36-22(4)30(33(40)44-6-2)31(29)26-17-24(37(41)42)13-14-28(26)45-16-10-9-15-35-19-25(38)20-46-27-12-8-7-11-23(27)18-34/h7-8,11-14,17,25,29,31,35,38H,5-6,9-10,15-16,19-20H2,1-4H3. The van der Waals surface area contributed by atoms with E-state index in [-0.39, 0.29) is 55.5 Å². The van der Waals surface area contributed by atoms with E-state index in [1.165, 1.54) is 18.2 Å². The zero-order chi connectivity index (χ0) is 33.6. The minimum atomic E-state index is -1.03. The minimum Gasteiger partial charge on any atom is -0.493 e. The number of rotatable bonds is 17. The highest BCUT2D eigenvalue weighted by atomic mass is 16.6. The number of nitrogens with zero attached hydrogens (tertiary/aromatic N) is 3. The lowest BCUT2D eigenvalue weighted by Gasteiger charge is -2.32. The SMILES string of the molecule is CCOC(=O)C1=C(C)N=C(C)C(C(=O)OCC)C1c1cc([N+](=O)[O-])ccc1OCCCCNCC(O)COc1ccccc1C#N. The Balaban J connectivity index is 1.69. The van der Waals surface area contributed by atoms with Gasteiger partial charge in [-0.15, -0.1) is 0 Å². The van der Waals surface area contributed by atoms with Gasteiger partial charge in [0.15, 0.2) is 0 Å². The fourth-order valence-electron chi connectivity index (χ4n) is 5.14. The van der Waals surface area contributed by atoms with Crippen molar-refractivity contribution in [3.8, 4) is 17.6 Å². The molecule has 0 saturated heterocycles. The van der Waals surface area contributed by atoms with Gasteiger partial charge in [-0.25, -0.2) is 4.79 Å². The number of nitriles is 1. The Labute approximate surface area is 268 Å². The number of aliphatic imine (C=N–C) groups is 1. The number of para-hydroxylation sites is 1. The molecule has 0 fully saturated rings. The summed E-state index contributed by atoms with van der Waals surface area (Å²) >= 11 is 0. The number of hydrogen-bond acceptors (Lipinski definition) is 12. The number of nitrogens with one attached hydrogen (secondary N) is 1. The first-order valence-electron chi connectivity index (χ1n) is 15.1.